The van der Waals surface area contributed by atoms with Gasteiger partial charge in [0.25, 0.3) is 5.91 Å². The van der Waals surface area contributed by atoms with Gasteiger partial charge in [-0.15, -0.1) is 11.6 Å². The molecular weight excluding hydrogens is 352 g/mol. The molecule has 3 nitrogen and oxygen atoms in total. The highest BCUT2D eigenvalue weighted by Crippen LogP contribution is 2.22. The number of hydrogen-bond acceptors (Lipinski definition) is 2. The Bertz CT molecular complexity index is 433. The van der Waals surface area contributed by atoms with E-state index in [9.17, 15) is 9.90 Å². The highest BCUT2D eigenvalue weighted by Gasteiger charge is 2.27. The molecule has 5 heteroatoms. The maximum atomic E-state index is 12.0. The van der Waals surface area contributed by atoms with Crippen molar-refractivity contribution in [2.24, 2.45) is 0 Å². The van der Waals surface area contributed by atoms with Crippen molar-refractivity contribution < 1.29 is 9.90 Å². The second-order valence-electron chi connectivity index (χ2n) is 4.45. The number of phenols is 1. The minimum absolute atomic E-state index is 0.0269. The molecule has 0 saturated carbocycles. The van der Waals surface area contributed by atoms with E-state index in [1.165, 1.54) is 6.07 Å². The van der Waals surface area contributed by atoms with Crippen LogP contribution in [0.5, 0.6) is 5.75 Å². The fraction of sp³-hybridized carbons (Fsp3) is 0.417. The number of halogens is 2. The Balaban J connectivity index is 2.94. The molecular formula is C12H15ClINO2. The van der Waals surface area contributed by atoms with Crippen LogP contribution in [0.25, 0.3) is 0 Å². The number of hydrogen-bond donors (Lipinski definition) is 2. The third-order valence-corrected chi connectivity index (χ3v) is 3.85. The van der Waals surface area contributed by atoms with Gasteiger partial charge in [-0.25, -0.2) is 0 Å². The molecule has 94 valence electrons. The first-order chi connectivity index (χ1) is 7.74. The lowest BCUT2D eigenvalue weighted by Gasteiger charge is -2.29. The molecule has 1 aromatic rings. The van der Waals surface area contributed by atoms with Crippen LogP contribution in [-0.2, 0) is 0 Å². The SMILES string of the molecule is CC(Cl)C(C)(C)NC(=O)c1cc(I)ccc1O. The molecule has 1 rings (SSSR count). The molecule has 2 N–H and O–H groups in total. The molecule has 0 fully saturated rings. The number of carbonyl (C=O) groups excluding carboxylic acids is 1. The minimum atomic E-state index is -0.535. The van der Waals surface area contributed by atoms with Gasteiger partial charge in [-0.3, -0.25) is 4.79 Å². The van der Waals surface area contributed by atoms with Crippen molar-refractivity contribution in [3.8, 4) is 5.75 Å². The average Bonchev–Trinajstić information content (AvgIpc) is 2.20. The molecule has 0 heterocycles. The molecule has 0 aromatic heterocycles. The number of alkyl halides is 1. The minimum Gasteiger partial charge on any atom is -0.507 e. The van der Waals surface area contributed by atoms with Crippen LogP contribution in [0.4, 0.5) is 0 Å². The largest absolute Gasteiger partial charge is 0.507 e. The Hall–Kier alpha value is -0.490. The maximum absolute atomic E-state index is 12.0. The van der Waals surface area contributed by atoms with E-state index < -0.39 is 5.54 Å². The number of carbonyl (C=O) groups is 1. The third-order valence-electron chi connectivity index (χ3n) is 2.63. The molecule has 0 bridgehead atoms. The maximum Gasteiger partial charge on any atom is 0.255 e. The standard InChI is InChI=1S/C12H15ClINO2/c1-7(13)12(2,3)15-11(17)9-6-8(14)4-5-10(9)16/h4-7,16H,1-3H3,(H,15,17). The Kier molecular flexibility index (Phi) is 4.66. The van der Waals surface area contributed by atoms with E-state index in [4.69, 9.17) is 11.6 Å². The lowest BCUT2D eigenvalue weighted by atomic mass is 10.0. The van der Waals surface area contributed by atoms with Crippen molar-refractivity contribution >= 4 is 40.1 Å². The van der Waals surface area contributed by atoms with Crippen LogP contribution < -0.4 is 5.32 Å². The second kappa shape index (κ2) is 5.44. The van der Waals surface area contributed by atoms with Crippen molar-refractivity contribution in [3.05, 3.63) is 27.3 Å². The molecule has 0 aliphatic heterocycles. The quantitative estimate of drug-likeness (QED) is 0.637. The summed E-state index contributed by atoms with van der Waals surface area (Å²) in [5.41, 5.74) is -0.269. The van der Waals surface area contributed by atoms with Gasteiger partial charge in [0.1, 0.15) is 5.75 Å². The van der Waals surface area contributed by atoms with Gasteiger partial charge in [0.15, 0.2) is 0 Å². The second-order valence-corrected chi connectivity index (χ2v) is 6.35. The molecule has 17 heavy (non-hydrogen) atoms. The first kappa shape index (κ1) is 14.6. The smallest absolute Gasteiger partial charge is 0.255 e. The summed E-state index contributed by atoms with van der Waals surface area (Å²) in [4.78, 5) is 12.0. The van der Waals surface area contributed by atoms with Gasteiger partial charge < -0.3 is 10.4 Å². The zero-order chi connectivity index (χ0) is 13.2. The van der Waals surface area contributed by atoms with Gasteiger partial charge in [0, 0.05) is 3.57 Å². The van der Waals surface area contributed by atoms with E-state index >= 15 is 0 Å². The highest BCUT2D eigenvalue weighted by atomic mass is 127. The van der Waals surface area contributed by atoms with E-state index in [1.807, 2.05) is 20.8 Å². The number of phenolic OH excluding ortho intramolecular Hbond substituents is 1. The summed E-state index contributed by atoms with van der Waals surface area (Å²) < 4.78 is 0.891. The number of amides is 1. The molecule has 0 saturated heterocycles. The van der Waals surface area contributed by atoms with Crippen molar-refractivity contribution in [2.75, 3.05) is 0 Å². The number of aromatic hydroxyl groups is 1. The summed E-state index contributed by atoms with van der Waals surface area (Å²) >= 11 is 8.08. The Morgan fingerprint density at radius 3 is 2.65 bits per heavy atom. The van der Waals surface area contributed by atoms with Crippen LogP contribution >= 0.6 is 34.2 Å². The predicted molar refractivity (Wildman–Crippen MR) is 77.7 cm³/mol. The van der Waals surface area contributed by atoms with Crippen LogP contribution in [0, 0.1) is 3.57 Å². The Morgan fingerprint density at radius 1 is 1.53 bits per heavy atom. The van der Waals surface area contributed by atoms with Gasteiger partial charge in [0.2, 0.25) is 0 Å². The average molecular weight is 368 g/mol. The topological polar surface area (TPSA) is 49.3 Å². The summed E-state index contributed by atoms with van der Waals surface area (Å²) in [6.45, 7) is 5.50. The summed E-state index contributed by atoms with van der Waals surface area (Å²) in [6.07, 6.45) is 0. The fourth-order valence-electron chi connectivity index (χ4n) is 1.15. The van der Waals surface area contributed by atoms with Crippen molar-refractivity contribution in [3.63, 3.8) is 0 Å². The van der Waals surface area contributed by atoms with Crippen LogP contribution in [0.15, 0.2) is 18.2 Å². The monoisotopic (exact) mass is 367 g/mol. The van der Waals surface area contributed by atoms with Crippen molar-refractivity contribution in [1.82, 2.24) is 5.32 Å². The first-order valence-corrected chi connectivity index (χ1v) is 6.70. The molecule has 1 unspecified atom stereocenters. The highest BCUT2D eigenvalue weighted by molar-refractivity contribution is 14.1. The van der Waals surface area contributed by atoms with Crippen molar-refractivity contribution in [1.29, 1.82) is 0 Å². The molecule has 1 aromatic carbocycles. The van der Waals surface area contributed by atoms with Crippen LogP contribution in [0.1, 0.15) is 31.1 Å². The van der Waals surface area contributed by atoms with E-state index in [0.29, 0.717) is 0 Å². The van der Waals surface area contributed by atoms with Crippen LogP contribution in [0.2, 0.25) is 0 Å². The Labute approximate surface area is 120 Å². The lowest BCUT2D eigenvalue weighted by Crippen LogP contribution is -2.49. The van der Waals surface area contributed by atoms with E-state index in [2.05, 4.69) is 27.9 Å². The molecule has 0 aliphatic rings. The number of benzene rings is 1. The van der Waals surface area contributed by atoms with Gasteiger partial charge in [-0.1, -0.05) is 0 Å². The normalized spacial score (nSPS) is 13.2. The van der Waals surface area contributed by atoms with Gasteiger partial charge in [0.05, 0.1) is 16.5 Å². The van der Waals surface area contributed by atoms with Crippen LogP contribution in [0.3, 0.4) is 0 Å². The third kappa shape index (κ3) is 3.74. The zero-order valence-corrected chi connectivity index (χ0v) is 12.8. The Morgan fingerprint density at radius 2 is 2.12 bits per heavy atom. The summed E-state index contributed by atoms with van der Waals surface area (Å²) in [5, 5.41) is 12.2. The summed E-state index contributed by atoms with van der Waals surface area (Å²) in [6, 6.07) is 4.88. The van der Waals surface area contributed by atoms with Crippen LogP contribution in [-0.4, -0.2) is 21.9 Å². The first-order valence-electron chi connectivity index (χ1n) is 5.19. The van der Waals surface area contributed by atoms with Gasteiger partial charge in [-0.05, 0) is 61.6 Å². The molecule has 0 radical (unpaired) electrons. The van der Waals surface area contributed by atoms with E-state index in [-0.39, 0.29) is 22.6 Å². The van der Waals surface area contributed by atoms with Crippen molar-refractivity contribution in [2.45, 2.75) is 31.7 Å². The van der Waals surface area contributed by atoms with E-state index in [1.54, 1.807) is 12.1 Å². The molecule has 1 amide bonds. The molecule has 0 spiro atoms. The zero-order valence-electron chi connectivity index (χ0n) is 9.92. The number of rotatable bonds is 3. The van der Waals surface area contributed by atoms with Gasteiger partial charge in [-0.2, -0.15) is 0 Å². The summed E-state index contributed by atoms with van der Waals surface area (Å²) in [7, 11) is 0. The molecule has 0 aliphatic carbocycles. The summed E-state index contributed by atoms with van der Waals surface area (Å²) in [5.74, 6) is -0.348. The lowest BCUT2D eigenvalue weighted by molar-refractivity contribution is 0.0909. The number of nitrogens with one attached hydrogen (secondary N) is 1. The molecule has 1 atom stereocenters. The van der Waals surface area contributed by atoms with Gasteiger partial charge >= 0.3 is 0 Å². The predicted octanol–water partition coefficient (Wildman–Crippen LogP) is 3.13. The van der Waals surface area contributed by atoms with E-state index in [0.717, 1.165) is 3.57 Å². The fourth-order valence-corrected chi connectivity index (χ4v) is 1.70.